The molecule has 5 atom stereocenters. The lowest BCUT2D eigenvalue weighted by molar-refractivity contribution is -0.166. The molecule has 0 spiro atoms. The van der Waals surface area contributed by atoms with Crippen LogP contribution in [0.2, 0.25) is 0 Å². The van der Waals surface area contributed by atoms with Gasteiger partial charge in [0.15, 0.2) is 11.9 Å². The number of hydrogen-bond acceptors (Lipinski definition) is 9. The molecule has 0 bridgehead atoms. The fraction of sp³-hybridized carbons (Fsp3) is 0.684. The van der Waals surface area contributed by atoms with Crippen LogP contribution in [0, 0.1) is 17.8 Å². The number of hydrogen-bond donors (Lipinski definition) is 1. The molecule has 0 aromatic carbocycles. The van der Waals surface area contributed by atoms with Crippen molar-refractivity contribution in [1.82, 2.24) is 14.5 Å². The van der Waals surface area contributed by atoms with Gasteiger partial charge in [-0.3, -0.25) is 9.36 Å². The number of nitrogens with two attached hydrogens (primary N) is 1. The average Bonchev–Trinajstić information content (AvgIpc) is 3.25. The number of fused-ring (bicyclic) bond motifs is 1. The van der Waals surface area contributed by atoms with Gasteiger partial charge in [0, 0.05) is 5.75 Å². The second-order valence-corrected chi connectivity index (χ2v) is 10.3. The number of carbonyl (C=O) groups is 1. The summed E-state index contributed by atoms with van der Waals surface area (Å²) in [6.07, 6.45) is 4.01. The van der Waals surface area contributed by atoms with Gasteiger partial charge < -0.3 is 15.2 Å². The standard InChI is InChI=1S/C19H26N4O4S2/c1-9(2)11-5-4-10(3)6-12(11)26-16(24)17-27-14(8-28-17)23-15-13(29-19(23)25)7-21-18(20)22-15/h7,9-12,14,17H,4-6,8H2,1-3H3,(H2,20,21,22)/t10-,11+,12-,14?,17+/m1/s1. The molecule has 158 valence electrons. The van der Waals surface area contributed by atoms with Crippen molar-refractivity contribution in [2.24, 2.45) is 17.8 Å². The van der Waals surface area contributed by atoms with Gasteiger partial charge in [-0.25, -0.2) is 9.78 Å². The Morgan fingerprint density at radius 1 is 1.41 bits per heavy atom. The molecule has 1 aliphatic heterocycles. The van der Waals surface area contributed by atoms with Crippen LogP contribution < -0.4 is 10.6 Å². The van der Waals surface area contributed by atoms with Gasteiger partial charge in [0.1, 0.15) is 6.10 Å². The first-order valence-corrected chi connectivity index (χ1v) is 11.8. The predicted octanol–water partition coefficient (Wildman–Crippen LogP) is 3.03. The highest BCUT2D eigenvalue weighted by molar-refractivity contribution is 8.00. The Balaban J connectivity index is 1.47. The maximum Gasteiger partial charge on any atom is 0.346 e. The number of nitrogen functional groups attached to an aromatic ring is 1. The monoisotopic (exact) mass is 438 g/mol. The molecule has 10 heteroatoms. The summed E-state index contributed by atoms with van der Waals surface area (Å²) in [5.74, 6) is 1.59. The summed E-state index contributed by atoms with van der Waals surface area (Å²) in [6, 6.07) is 0. The summed E-state index contributed by atoms with van der Waals surface area (Å²) >= 11 is 2.39. The van der Waals surface area contributed by atoms with Crippen molar-refractivity contribution in [2.45, 2.75) is 57.8 Å². The van der Waals surface area contributed by atoms with Crippen LogP contribution in [-0.2, 0) is 14.3 Å². The van der Waals surface area contributed by atoms with Gasteiger partial charge in [-0.2, -0.15) is 4.98 Å². The Hall–Kier alpha value is -1.65. The van der Waals surface area contributed by atoms with Crippen LogP contribution >= 0.6 is 23.1 Å². The van der Waals surface area contributed by atoms with E-state index < -0.39 is 11.7 Å². The Labute approximate surface area is 177 Å². The Morgan fingerprint density at radius 2 is 2.21 bits per heavy atom. The van der Waals surface area contributed by atoms with Crippen molar-refractivity contribution in [2.75, 3.05) is 11.5 Å². The van der Waals surface area contributed by atoms with Gasteiger partial charge in [-0.05, 0) is 30.6 Å². The second kappa shape index (κ2) is 8.23. The summed E-state index contributed by atoms with van der Waals surface area (Å²) in [6.45, 7) is 6.57. The molecule has 2 N–H and O–H groups in total. The van der Waals surface area contributed by atoms with Gasteiger partial charge in [0.05, 0.1) is 10.9 Å². The van der Waals surface area contributed by atoms with E-state index in [4.69, 9.17) is 15.2 Å². The lowest BCUT2D eigenvalue weighted by Crippen LogP contribution is -2.38. The molecule has 1 saturated heterocycles. The zero-order valence-electron chi connectivity index (χ0n) is 16.7. The van der Waals surface area contributed by atoms with E-state index in [1.165, 1.54) is 28.9 Å². The third kappa shape index (κ3) is 4.15. The molecule has 0 amide bonds. The largest absolute Gasteiger partial charge is 0.459 e. The number of anilines is 1. The molecule has 2 fully saturated rings. The number of rotatable bonds is 4. The molecular weight excluding hydrogens is 412 g/mol. The van der Waals surface area contributed by atoms with Gasteiger partial charge in [0.25, 0.3) is 0 Å². The van der Waals surface area contributed by atoms with Crippen molar-refractivity contribution in [3.8, 4) is 0 Å². The van der Waals surface area contributed by atoms with Crippen LogP contribution in [-0.4, -0.2) is 37.8 Å². The van der Waals surface area contributed by atoms with Crippen molar-refractivity contribution in [3.05, 3.63) is 15.9 Å². The van der Waals surface area contributed by atoms with Gasteiger partial charge >= 0.3 is 10.8 Å². The highest BCUT2D eigenvalue weighted by atomic mass is 32.2. The smallest absolute Gasteiger partial charge is 0.346 e. The highest BCUT2D eigenvalue weighted by Crippen LogP contribution is 2.38. The maximum absolute atomic E-state index is 12.8. The minimum Gasteiger partial charge on any atom is -0.459 e. The predicted molar refractivity (Wildman–Crippen MR) is 114 cm³/mol. The number of carbonyl (C=O) groups excluding carboxylic acids is 1. The van der Waals surface area contributed by atoms with Gasteiger partial charge in [-0.1, -0.05) is 38.5 Å². The summed E-state index contributed by atoms with van der Waals surface area (Å²) in [5.41, 5.74) is 5.37. The quantitative estimate of drug-likeness (QED) is 0.726. The Morgan fingerprint density at radius 3 is 2.97 bits per heavy atom. The number of esters is 1. The summed E-state index contributed by atoms with van der Waals surface area (Å²) < 4.78 is 13.9. The second-order valence-electron chi connectivity index (χ2n) is 8.21. The Bertz CT molecular complexity index is 959. The van der Waals surface area contributed by atoms with Crippen molar-refractivity contribution < 1.29 is 14.3 Å². The molecule has 4 rings (SSSR count). The molecular formula is C19H26N4O4S2. The number of ether oxygens (including phenoxy) is 2. The van der Waals surface area contributed by atoms with Gasteiger partial charge in [-0.15, -0.1) is 11.8 Å². The first-order valence-electron chi connectivity index (χ1n) is 9.94. The van der Waals surface area contributed by atoms with Crippen LogP contribution in [0.3, 0.4) is 0 Å². The van der Waals surface area contributed by atoms with Crippen LogP contribution in [0.25, 0.3) is 10.3 Å². The van der Waals surface area contributed by atoms with E-state index in [1.54, 1.807) is 0 Å². The third-order valence-corrected chi connectivity index (χ3v) is 7.72. The molecule has 0 radical (unpaired) electrons. The number of aromatic nitrogens is 3. The van der Waals surface area contributed by atoms with E-state index in [-0.39, 0.29) is 22.9 Å². The molecule has 1 unspecified atom stereocenters. The highest BCUT2D eigenvalue weighted by Gasteiger charge is 2.39. The van der Waals surface area contributed by atoms with Crippen molar-refractivity contribution in [1.29, 1.82) is 0 Å². The van der Waals surface area contributed by atoms with Crippen LogP contribution in [0.4, 0.5) is 5.95 Å². The minimum absolute atomic E-state index is 0.0771. The number of thiazole rings is 1. The number of nitrogens with zero attached hydrogens (tertiary/aromatic N) is 3. The molecule has 2 aliphatic rings. The SMILES string of the molecule is CC(C)[C@@H]1CC[C@@H](C)C[C@H]1OC(=O)[C@H]1OC(n2c(=O)sc3cnc(N)nc32)CS1. The molecule has 29 heavy (non-hydrogen) atoms. The molecule has 8 nitrogen and oxygen atoms in total. The van der Waals surface area contributed by atoms with E-state index in [2.05, 4.69) is 30.7 Å². The van der Waals surface area contributed by atoms with E-state index in [0.29, 0.717) is 33.9 Å². The topological polar surface area (TPSA) is 109 Å². The normalized spacial score (nSPS) is 30.1. The fourth-order valence-corrected chi connectivity index (χ4v) is 6.00. The molecule has 3 heterocycles. The molecule has 2 aromatic heterocycles. The Kier molecular flexibility index (Phi) is 5.85. The van der Waals surface area contributed by atoms with Crippen molar-refractivity contribution >= 4 is 45.4 Å². The van der Waals surface area contributed by atoms with E-state index >= 15 is 0 Å². The number of thioether (sulfide) groups is 1. The van der Waals surface area contributed by atoms with Gasteiger partial charge in [0.2, 0.25) is 11.4 Å². The zero-order chi connectivity index (χ0) is 20.7. The molecule has 1 aliphatic carbocycles. The molecule has 2 aromatic rings. The van der Waals surface area contributed by atoms with Crippen LogP contribution in [0.5, 0.6) is 0 Å². The lowest BCUT2D eigenvalue weighted by Gasteiger charge is -2.37. The third-order valence-electron chi connectivity index (χ3n) is 5.76. The van der Waals surface area contributed by atoms with Crippen LogP contribution in [0.1, 0.15) is 46.3 Å². The first kappa shape index (κ1) is 20.6. The van der Waals surface area contributed by atoms with E-state index in [9.17, 15) is 9.59 Å². The van der Waals surface area contributed by atoms with E-state index in [1.807, 2.05) is 0 Å². The lowest BCUT2D eigenvalue weighted by atomic mass is 9.75. The summed E-state index contributed by atoms with van der Waals surface area (Å²) in [7, 11) is 0. The average molecular weight is 439 g/mol. The minimum atomic E-state index is -0.744. The fourth-order valence-electron chi connectivity index (χ4n) is 4.21. The zero-order valence-corrected chi connectivity index (χ0v) is 18.4. The van der Waals surface area contributed by atoms with Crippen LogP contribution in [0.15, 0.2) is 11.0 Å². The van der Waals surface area contributed by atoms with E-state index in [0.717, 1.165) is 24.2 Å². The summed E-state index contributed by atoms with van der Waals surface area (Å²) in [5, 5.41) is 0. The summed E-state index contributed by atoms with van der Waals surface area (Å²) in [4.78, 5) is 33.2. The molecule has 1 saturated carbocycles. The van der Waals surface area contributed by atoms with Crippen molar-refractivity contribution in [3.63, 3.8) is 0 Å². The maximum atomic E-state index is 12.8. The first-order chi connectivity index (χ1) is 13.8.